The fourth-order valence-electron chi connectivity index (χ4n) is 1.77. The number of para-hydroxylation sites is 1. The number of aryl methyl sites for hydroxylation is 1. The number of carboxylic acids is 1. The zero-order valence-corrected chi connectivity index (χ0v) is 11.2. The largest absolute Gasteiger partial charge is 0.491 e. The van der Waals surface area contributed by atoms with Gasteiger partial charge in [0, 0.05) is 26.0 Å². The monoisotopic (exact) mass is 275 g/mol. The van der Waals surface area contributed by atoms with E-state index in [4.69, 9.17) is 9.84 Å². The predicted octanol–water partition coefficient (Wildman–Crippen LogP) is 1.29. The lowest BCUT2D eigenvalue weighted by molar-refractivity contribution is 0.0692. The van der Waals surface area contributed by atoms with Gasteiger partial charge in [0.05, 0.1) is 6.54 Å². The third-order valence-electron chi connectivity index (χ3n) is 2.86. The topological polar surface area (TPSA) is 76.4 Å². The molecule has 6 nitrogen and oxygen atoms in total. The summed E-state index contributed by atoms with van der Waals surface area (Å²) in [4.78, 5) is 15.2. The lowest BCUT2D eigenvalue weighted by Crippen LogP contribution is -2.22. The zero-order valence-electron chi connectivity index (χ0n) is 11.2. The maximum Gasteiger partial charge on any atom is 0.339 e. The molecule has 0 radical (unpaired) electrons. The SMILES string of the molecule is Cn1ccnc1CNCCOc1ccccc1C(=O)O. The lowest BCUT2D eigenvalue weighted by atomic mass is 10.2. The molecule has 20 heavy (non-hydrogen) atoms. The van der Waals surface area contributed by atoms with E-state index in [1.54, 1.807) is 24.4 Å². The first-order valence-electron chi connectivity index (χ1n) is 6.30. The molecule has 1 aromatic carbocycles. The van der Waals surface area contributed by atoms with E-state index in [0.717, 1.165) is 5.82 Å². The number of ether oxygens (including phenoxy) is 1. The van der Waals surface area contributed by atoms with Gasteiger partial charge in [0.25, 0.3) is 0 Å². The molecule has 0 bridgehead atoms. The fraction of sp³-hybridized carbons (Fsp3) is 0.286. The first-order chi connectivity index (χ1) is 9.68. The summed E-state index contributed by atoms with van der Waals surface area (Å²) in [6.45, 7) is 1.66. The summed E-state index contributed by atoms with van der Waals surface area (Å²) in [7, 11) is 1.93. The molecule has 0 amide bonds. The van der Waals surface area contributed by atoms with E-state index in [1.807, 2.05) is 17.8 Å². The van der Waals surface area contributed by atoms with Crippen molar-refractivity contribution in [2.75, 3.05) is 13.2 Å². The van der Waals surface area contributed by atoms with Gasteiger partial charge in [-0.1, -0.05) is 12.1 Å². The Balaban J connectivity index is 1.76. The number of carbonyl (C=O) groups is 1. The Morgan fingerprint density at radius 1 is 1.45 bits per heavy atom. The average Bonchev–Trinajstić information content (AvgIpc) is 2.84. The number of nitrogens with one attached hydrogen (secondary N) is 1. The van der Waals surface area contributed by atoms with Gasteiger partial charge in [-0.15, -0.1) is 0 Å². The normalized spacial score (nSPS) is 10.4. The van der Waals surface area contributed by atoms with Crippen LogP contribution >= 0.6 is 0 Å². The second-order valence-electron chi connectivity index (χ2n) is 4.28. The second kappa shape index (κ2) is 6.72. The molecule has 0 aliphatic carbocycles. The van der Waals surface area contributed by atoms with Crippen molar-refractivity contribution in [3.63, 3.8) is 0 Å². The number of aromatic nitrogens is 2. The summed E-state index contributed by atoms with van der Waals surface area (Å²) in [5.74, 6) is 0.344. The minimum atomic E-state index is -0.985. The molecule has 2 N–H and O–H groups in total. The molecular weight excluding hydrogens is 258 g/mol. The Labute approximate surface area is 117 Å². The smallest absolute Gasteiger partial charge is 0.339 e. The van der Waals surface area contributed by atoms with Crippen molar-refractivity contribution in [2.24, 2.45) is 7.05 Å². The second-order valence-corrected chi connectivity index (χ2v) is 4.28. The highest BCUT2D eigenvalue weighted by Gasteiger charge is 2.09. The van der Waals surface area contributed by atoms with Crippen LogP contribution in [0.1, 0.15) is 16.2 Å². The minimum absolute atomic E-state index is 0.177. The van der Waals surface area contributed by atoms with Gasteiger partial charge in [0.15, 0.2) is 0 Å². The molecule has 106 valence electrons. The Bertz CT molecular complexity index is 581. The zero-order chi connectivity index (χ0) is 14.4. The molecule has 0 aliphatic rings. The molecular formula is C14H17N3O3. The van der Waals surface area contributed by atoms with Gasteiger partial charge >= 0.3 is 5.97 Å². The molecule has 0 saturated heterocycles. The number of aromatic carboxylic acids is 1. The molecule has 0 unspecified atom stereocenters. The third-order valence-corrected chi connectivity index (χ3v) is 2.86. The summed E-state index contributed by atoms with van der Waals surface area (Å²) in [5, 5.41) is 12.2. The summed E-state index contributed by atoms with van der Waals surface area (Å²) in [6, 6.07) is 6.61. The molecule has 0 atom stereocenters. The molecule has 6 heteroatoms. The van der Waals surface area contributed by atoms with E-state index in [2.05, 4.69) is 10.3 Å². The van der Waals surface area contributed by atoms with Crippen LogP contribution in [-0.2, 0) is 13.6 Å². The molecule has 2 rings (SSSR count). The van der Waals surface area contributed by atoms with Crippen molar-refractivity contribution in [2.45, 2.75) is 6.54 Å². The van der Waals surface area contributed by atoms with Gasteiger partial charge < -0.3 is 19.7 Å². The number of hydrogen-bond donors (Lipinski definition) is 2. The number of carboxylic acid groups (broad SMARTS) is 1. The van der Waals surface area contributed by atoms with Gasteiger partial charge in [-0.25, -0.2) is 9.78 Å². The first-order valence-corrected chi connectivity index (χ1v) is 6.30. The van der Waals surface area contributed by atoms with Gasteiger partial charge in [0.1, 0.15) is 23.7 Å². The quantitative estimate of drug-likeness (QED) is 0.745. The molecule has 0 aliphatic heterocycles. The lowest BCUT2D eigenvalue weighted by Gasteiger charge is -2.09. The maximum atomic E-state index is 11.0. The number of rotatable bonds is 7. The van der Waals surface area contributed by atoms with Gasteiger partial charge in [-0.05, 0) is 12.1 Å². The van der Waals surface area contributed by atoms with E-state index >= 15 is 0 Å². The van der Waals surface area contributed by atoms with Gasteiger partial charge in [0.2, 0.25) is 0 Å². The van der Waals surface area contributed by atoms with Crippen molar-refractivity contribution in [1.29, 1.82) is 0 Å². The minimum Gasteiger partial charge on any atom is -0.491 e. The van der Waals surface area contributed by atoms with Crippen LogP contribution in [0.25, 0.3) is 0 Å². The van der Waals surface area contributed by atoms with Gasteiger partial charge in [-0.3, -0.25) is 0 Å². The van der Waals surface area contributed by atoms with Crippen molar-refractivity contribution in [1.82, 2.24) is 14.9 Å². The van der Waals surface area contributed by atoms with Crippen LogP contribution in [0, 0.1) is 0 Å². The van der Waals surface area contributed by atoms with Gasteiger partial charge in [-0.2, -0.15) is 0 Å². The van der Waals surface area contributed by atoms with E-state index in [9.17, 15) is 4.79 Å². The Hall–Kier alpha value is -2.34. The molecule has 2 aromatic rings. The van der Waals surface area contributed by atoms with Crippen LogP contribution < -0.4 is 10.1 Å². The molecule has 0 saturated carbocycles. The van der Waals surface area contributed by atoms with Crippen LogP contribution in [0.2, 0.25) is 0 Å². The van der Waals surface area contributed by atoms with Crippen molar-refractivity contribution >= 4 is 5.97 Å². The first kappa shape index (κ1) is 14.1. The average molecular weight is 275 g/mol. The Morgan fingerprint density at radius 2 is 2.25 bits per heavy atom. The van der Waals surface area contributed by atoms with Crippen molar-refractivity contribution in [3.8, 4) is 5.75 Å². The third kappa shape index (κ3) is 3.58. The maximum absolute atomic E-state index is 11.0. The van der Waals surface area contributed by atoms with Crippen LogP contribution in [0.4, 0.5) is 0 Å². The van der Waals surface area contributed by atoms with Crippen molar-refractivity contribution < 1.29 is 14.6 Å². The van der Waals surface area contributed by atoms with Crippen LogP contribution in [0.5, 0.6) is 5.75 Å². The molecule has 1 heterocycles. The molecule has 0 fully saturated rings. The van der Waals surface area contributed by atoms with E-state index in [1.165, 1.54) is 6.07 Å². The van der Waals surface area contributed by atoms with Crippen LogP contribution in [-0.4, -0.2) is 33.8 Å². The highest BCUT2D eigenvalue weighted by molar-refractivity contribution is 5.90. The standard InChI is InChI=1S/C14H17N3O3/c1-17-8-6-16-13(17)10-15-7-9-20-12-5-3-2-4-11(12)14(18)19/h2-6,8,15H,7,9-10H2,1H3,(H,18,19). The highest BCUT2D eigenvalue weighted by atomic mass is 16.5. The number of hydrogen-bond acceptors (Lipinski definition) is 4. The number of benzene rings is 1. The molecule has 1 aromatic heterocycles. The summed E-state index contributed by atoms with van der Waals surface area (Å²) in [6.07, 6.45) is 3.63. The van der Waals surface area contributed by atoms with E-state index < -0.39 is 5.97 Å². The van der Waals surface area contributed by atoms with E-state index in [-0.39, 0.29) is 5.56 Å². The molecule has 0 spiro atoms. The Kier molecular flexibility index (Phi) is 4.73. The summed E-state index contributed by atoms with van der Waals surface area (Å²) in [5.41, 5.74) is 0.177. The number of imidazole rings is 1. The fourth-order valence-corrected chi connectivity index (χ4v) is 1.77. The predicted molar refractivity (Wildman–Crippen MR) is 73.8 cm³/mol. The van der Waals surface area contributed by atoms with Crippen LogP contribution in [0.15, 0.2) is 36.7 Å². The number of nitrogens with zero attached hydrogens (tertiary/aromatic N) is 2. The van der Waals surface area contributed by atoms with E-state index in [0.29, 0.717) is 25.4 Å². The highest BCUT2D eigenvalue weighted by Crippen LogP contribution is 2.17. The Morgan fingerprint density at radius 3 is 2.95 bits per heavy atom. The van der Waals surface area contributed by atoms with Crippen LogP contribution in [0.3, 0.4) is 0 Å². The van der Waals surface area contributed by atoms with Crippen molar-refractivity contribution in [3.05, 3.63) is 48.0 Å². The summed E-state index contributed by atoms with van der Waals surface area (Å²) < 4.78 is 7.42. The summed E-state index contributed by atoms with van der Waals surface area (Å²) >= 11 is 0.